The van der Waals surface area contributed by atoms with Crippen LogP contribution in [0.1, 0.15) is 43.9 Å². The molecular formula is C18H18F2N2O. The topological polar surface area (TPSA) is 46.0 Å². The summed E-state index contributed by atoms with van der Waals surface area (Å²) in [6.07, 6.45) is 1.82. The number of fused-ring (bicyclic) bond motifs is 5. The molecule has 2 aromatic rings. The minimum absolute atomic E-state index is 0.0194. The van der Waals surface area contributed by atoms with Gasteiger partial charge in [0.25, 0.3) is 0 Å². The number of hydrogen-bond acceptors (Lipinski definition) is 3. The van der Waals surface area contributed by atoms with Crippen molar-refractivity contribution in [3.8, 4) is 11.3 Å². The van der Waals surface area contributed by atoms with Gasteiger partial charge < -0.3 is 5.11 Å². The molecule has 2 atom stereocenters. The van der Waals surface area contributed by atoms with Crippen LogP contribution >= 0.6 is 0 Å². The summed E-state index contributed by atoms with van der Waals surface area (Å²) in [6.45, 7) is 4.28. The molecule has 1 fully saturated rings. The molecule has 0 aliphatic heterocycles. The van der Waals surface area contributed by atoms with E-state index in [0.717, 1.165) is 24.1 Å². The number of aliphatic hydroxyl groups is 1. The minimum Gasteiger partial charge on any atom is -0.395 e. The second-order valence-electron chi connectivity index (χ2n) is 7.18. The van der Waals surface area contributed by atoms with Crippen LogP contribution in [0.5, 0.6) is 0 Å². The van der Waals surface area contributed by atoms with Crippen LogP contribution in [0.4, 0.5) is 8.78 Å². The smallest absolute Gasteiger partial charge is 0.135 e. The molecule has 3 nitrogen and oxygen atoms in total. The lowest BCUT2D eigenvalue weighted by molar-refractivity contribution is 0.107. The Balaban J connectivity index is 1.92. The molecule has 5 heteroatoms. The van der Waals surface area contributed by atoms with Crippen LogP contribution in [0.15, 0.2) is 24.3 Å². The average Bonchev–Trinajstić information content (AvgIpc) is 2.88. The Labute approximate surface area is 133 Å². The van der Waals surface area contributed by atoms with Gasteiger partial charge in [-0.1, -0.05) is 19.9 Å². The van der Waals surface area contributed by atoms with E-state index in [4.69, 9.17) is 0 Å². The molecule has 1 N–H and O–H groups in total. The zero-order chi connectivity index (χ0) is 16.4. The van der Waals surface area contributed by atoms with Crippen molar-refractivity contribution < 1.29 is 13.9 Å². The van der Waals surface area contributed by atoms with Crippen LogP contribution in [-0.2, 0) is 5.41 Å². The molecular weight excluding hydrogens is 298 g/mol. The number of aromatic nitrogens is 2. The van der Waals surface area contributed by atoms with E-state index < -0.39 is 17.0 Å². The van der Waals surface area contributed by atoms with Crippen LogP contribution in [0, 0.1) is 17.0 Å². The number of hydrogen-bond donors (Lipinski definition) is 1. The number of halogens is 2. The highest BCUT2D eigenvalue weighted by Gasteiger charge is 2.63. The SMILES string of the molecule is CC1(C)[C@H]2CC[C@]1(CO)c1nnc(-c3c(F)cccc3F)cc12. The number of benzene rings is 1. The van der Waals surface area contributed by atoms with Gasteiger partial charge >= 0.3 is 0 Å². The molecule has 4 rings (SSSR count). The lowest BCUT2D eigenvalue weighted by Crippen LogP contribution is -2.39. The van der Waals surface area contributed by atoms with Crippen molar-refractivity contribution in [2.45, 2.75) is 38.0 Å². The van der Waals surface area contributed by atoms with Gasteiger partial charge in [-0.05, 0) is 47.9 Å². The van der Waals surface area contributed by atoms with Gasteiger partial charge in [-0.3, -0.25) is 0 Å². The van der Waals surface area contributed by atoms with E-state index in [1.54, 1.807) is 6.07 Å². The normalized spacial score (nSPS) is 27.3. The highest BCUT2D eigenvalue weighted by atomic mass is 19.1. The van der Waals surface area contributed by atoms with Crippen LogP contribution in [0.3, 0.4) is 0 Å². The molecule has 1 saturated carbocycles. The largest absolute Gasteiger partial charge is 0.395 e. The van der Waals surface area contributed by atoms with Gasteiger partial charge in [0.05, 0.1) is 23.6 Å². The van der Waals surface area contributed by atoms with Crippen molar-refractivity contribution in [3.05, 3.63) is 47.2 Å². The lowest BCUT2D eigenvalue weighted by Gasteiger charge is -2.35. The summed E-state index contributed by atoms with van der Waals surface area (Å²) in [5, 5.41) is 18.4. The Bertz CT molecular complexity index is 785. The van der Waals surface area contributed by atoms with Crippen LogP contribution in [0.2, 0.25) is 0 Å². The molecule has 0 spiro atoms. The van der Waals surface area contributed by atoms with Crippen molar-refractivity contribution >= 4 is 0 Å². The Morgan fingerprint density at radius 3 is 2.57 bits per heavy atom. The fourth-order valence-corrected chi connectivity index (χ4v) is 4.64. The molecule has 2 aliphatic carbocycles. The summed E-state index contributed by atoms with van der Waals surface area (Å²) in [7, 11) is 0. The molecule has 23 heavy (non-hydrogen) atoms. The van der Waals surface area contributed by atoms with Crippen LogP contribution in [0.25, 0.3) is 11.3 Å². The lowest BCUT2D eigenvalue weighted by atomic mass is 9.69. The molecule has 2 aliphatic rings. The number of rotatable bonds is 2. The van der Waals surface area contributed by atoms with E-state index in [-0.39, 0.29) is 29.2 Å². The van der Waals surface area contributed by atoms with E-state index in [9.17, 15) is 13.9 Å². The fourth-order valence-electron chi connectivity index (χ4n) is 4.64. The number of aliphatic hydroxyl groups excluding tert-OH is 1. The molecule has 1 aromatic carbocycles. The second kappa shape index (κ2) is 4.57. The molecule has 1 aromatic heterocycles. The Kier molecular flexibility index (Phi) is 2.92. The first-order valence-corrected chi connectivity index (χ1v) is 7.86. The predicted molar refractivity (Wildman–Crippen MR) is 81.9 cm³/mol. The standard InChI is InChI=1S/C18H18F2N2O/c1-17(2)11-6-7-18(17,9-23)16-10(11)8-14(21-22-16)15-12(19)4-3-5-13(15)20/h3-5,8,11,23H,6-7,9H2,1-2H3/t11-,18-/m0/s1. The first-order chi connectivity index (χ1) is 10.9. The summed E-state index contributed by atoms with van der Waals surface area (Å²) in [4.78, 5) is 0. The quantitative estimate of drug-likeness (QED) is 0.921. The average molecular weight is 316 g/mol. The van der Waals surface area contributed by atoms with E-state index in [2.05, 4.69) is 24.0 Å². The monoisotopic (exact) mass is 316 g/mol. The van der Waals surface area contributed by atoms with Crippen molar-refractivity contribution in [2.24, 2.45) is 5.41 Å². The third-order valence-electron chi connectivity index (χ3n) is 6.11. The van der Waals surface area contributed by atoms with Crippen molar-refractivity contribution in [2.75, 3.05) is 6.61 Å². The zero-order valence-corrected chi connectivity index (χ0v) is 13.1. The summed E-state index contributed by atoms with van der Waals surface area (Å²) < 4.78 is 28.0. The Morgan fingerprint density at radius 1 is 1.22 bits per heavy atom. The van der Waals surface area contributed by atoms with Crippen LogP contribution in [-0.4, -0.2) is 21.9 Å². The maximum Gasteiger partial charge on any atom is 0.135 e. The summed E-state index contributed by atoms with van der Waals surface area (Å²) in [6, 6.07) is 5.53. The highest BCUT2D eigenvalue weighted by molar-refractivity contribution is 5.63. The minimum atomic E-state index is -0.640. The molecule has 1 heterocycles. The van der Waals surface area contributed by atoms with Crippen molar-refractivity contribution in [1.82, 2.24) is 10.2 Å². The van der Waals surface area contributed by atoms with Gasteiger partial charge in [-0.2, -0.15) is 10.2 Å². The third-order valence-corrected chi connectivity index (χ3v) is 6.11. The maximum atomic E-state index is 14.0. The van der Waals surface area contributed by atoms with Crippen molar-refractivity contribution in [3.63, 3.8) is 0 Å². The summed E-state index contributed by atoms with van der Waals surface area (Å²) in [5.74, 6) is -1.05. The van der Waals surface area contributed by atoms with Gasteiger partial charge in [0, 0.05) is 5.41 Å². The first-order valence-electron chi connectivity index (χ1n) is 7.86. The van der Waals surface area contributed by atoms with Gasteiger partial charge in [0.15, 0.2) is 0 Å². The molecule has 120 valence electrons. The first kappa shape index (κ1) is 14.7. The molecule has 0 unspecified atom stereocenters. The Morgan fingerprint density at radius 2 is 1.91 bits per heavy atom. The van der Waals surface area contributed by atoms with E-state index in [1.165, 1.54) is 18.2 Å². The third kappa shape index (κ3) is 1.66. The predicted octanol–water partition coefficient (Wildman–Crippen LogP) is 3.57. The molecule has 2 bridgehead atoms. The number of nitrogens with zero attached hydrogens (tertiary/aromatic N) is 2. The van der Waals surface area contributed by atoms with Crippen molar-refractivity contribution in [1.29, 1.82) is 0 Å². The maximum absolute atomic E-state index is 14.0. The molecule has 0 saturated heterocycles. The van der Waals surface area contributed by atoms with Gasteiger partial charge in [0.2, 0.25) is 0 Å². The molecule has 0 radical (unpaired) electrons. The zero-order valence-electron chi connectivity index (χ0n) is 13.1. The van der Waals surface area contributed by atoms with E-state index >= 15 is 0 Å². The van der Waals surface area contributed by atoms with Crippen LogP contribution < -0.4 is 0 Å². The van der Waals surface area contributed by atoms with Gasteiger partial charge in [-0.15, -0.1) is 0 Å². The fraction of sp³-hybridized carbons (Fsp3) is 0.444. The summed E-state index contributed by atoms with van der Waals surface area (Å²) in [5.41, 5.74) is 1.32. The van der Waals surface area contributed by atoms with Gasteiger partial charge in [0.1, 0.15) is 11.6 Å². The summed E-state index contributed by atoms with van der Waals surface area (Å²) >= 11 is 0. The highest BCUT2D eigenvalue weighted by Crippen LogP contribution is 2.67. The molecule has 0 amide bonds. The Hall–Kier alpha value is -1.88. The van der Waals surface area contributed by atoms with E-state index in [1.807, 2.05) is 0 Å². The second-order valence-corrected chi connectivity index (χ2v) is 7.18. The van der Waals surface area contributed by atoms with E-state index in [0.29, 0.717) is 0 Å². The van der Waals surface area contributed by atoms with Gasteiger partial charge in [-0.25, -0.2) is 8.78 Å².